The van der Waals surface area contributed by atoms with Crippen molar-refractivity contribution in [2.24, 2.45) is 17.6 Å². The van der Waals surface area contributed by atoms with Gasteiger partial charge in [-0.05, 0) is 52.3 Å². The molecule has 1 saturated carbocycles. The number of carbonyl (C=O) groups is 4. The van der Waals surface area contributed by atoms with E-state index in [9.17, 15) is 39.6 Å². The van der Waals surface area contributed by atoms with Crippen LogP contribution < -0.4 is 16.0 Å². The largest absolute Gasteiger partial charge is 0.508 e. The monoisotopic (exact) mass is 660 g/mol. The van der Waals surface area contributed by atoms with Gasteiger partial charge in [0.25, 0.3) is 5.91 Å². The third-order valence-electron chi connectivity index (χ3n) is 8.08. The molecule has 1 fully saturated rings. The third-order valence-corrected chi connectivity index (χ3v) is 8.45. The average molecular weight is 661 g/mol. The molecule has 3 aliphatic rings. The number of nitrogens with one attached hydrogen (secondary N) is 1. The molecule has 2 unspecified atom stereocenters. The first kappa shape index (κ1) is 34.7. The van der Waals surface area contributed by atoms with Gasteiger partial charge in [0.15, 0.2) is 17.1 Å². The second kappa shape index (κ2) is 12.3. The Morgan fingerprint density at radius 2 is 1.70 bits per heavy atom. The summed E-state index contributed by atoms with van der Waals surface area (Å²) >= 11 is 6.65. The number of hydrogen-bond acceptors (Lipinski definition) is 12. The van der Waals surface area contributed by atoms with Gasteiger partial charge in [-0.25, -0.2) is 0 Å². The smallest absolute Gasteiger partial charge is 0.394 e. The number of aliphatic hydroxyl groups excluding tert-OH is 2. The lowest BCUT2D eigenvalue weighted by molar-refractivity contribution is -0.153. The summed E-state index contributed by atoms with van der Waals surface area (Å²) in [6, 6.07) is -1.18. The molecule has 1 aromatic rings. The highest BCUT2D eigenvalue weighted by atomic mass is 35.5. The minimum absolute atomic E-state index is 0.0441. The maximum Gasteiger partial charge on any atom is 0.394 e. The molecule has 0 bridgehead atoms. The van der Waals surface area contributed by atoms with Gasteiger partial charge in [-0.1, -0.05) is 11.6 Å². The molecule has 9 N–H and O–H groups in total. The number of aromatic hydroxyl groups is 1. The van der Waals surface area contributed by atoms with Gasteiger partial charge in [0.2, 0.25) is 12.2 Å². The molecule has 1 aromatic carbocycles. The number of carbonyl (C=O) groups excluding carboxylic acids is 4. The summed E-state index contributed by atoms with van der Waals surface area (Å²) in [6.45, 7) is 4.73. The van der Waals surface area contributed by atoms with E-state index < -0.39 is 74.2 Å². The number of amides is 2. The Morgan fingerprint density at radius 3 is 2.16 bits per heavy atom. The van der Waals surface area contributed by atoms with Crippen LogP contribution in [0.2, 0.25) is 5.02 Å². The number of ketones is 2. The van der Waals surface area contributed by atoms with Gasteiger partial charge < -0.3 is 36.4 Å². The Morgan fingerprint density at radius 1 is 1.16 bits per heavy atom. The lowest BCUT2D eigenvalue weighted by Crippen LogP contribution is -2.65. The van der Waals surface area contributed by atoms with Gasteiger partial charge in [-0.15, -0.1) is 0 Å². The molecule has 18 heteroatoms. The first-order valence-corrected chi connectivity index (χ1v) is 14.9. The number of phenolic OH excluding ortho intramolecular Hbond substituents is 1. The van der Waals surface area contributed by atoms with Gasteiger partial charge in [-0.3, -0.25) is 33.2 Å². The van der Waals surface area contributed by atoms with E-state index in [4.69, 9.17) is 34.9 Å². The van der Waals surface area contributed by atoms with E-state index in [0.717, 1.165) is 0 Å². The van der Waals surface area contributed by atoms with E-state index in [1.54, 1.807) is 0 Å². The fourth-order valence-corrected chi connectivity index (χ4v) is 6.77. The Labute approximate surface area is 257 Å². The Hall–Kier alpha value is -3.74. The molecule has 4 atom stereocenters. The predicted octanol–water partition coefficient (Wildman–Crippen LogP) is 0.379. The number of fused-ring (bicyclic) bond motifs is 3. The van der Waals surface area contributed by atoms with Gasteiger partial charge in [-0.2, -0.15) is 8.42 Å². The molecule has 0 aromatic heterocycles. The molecule has 2 amide bonds. The number of aliphatic hydroxyl groups is 3. The van der Waals surface area contributed by atoms with Crippen molar-refractivity contribution >= 4 is 63.0 Å². The highest BCUT2D eigenvalue weighted by molar-refractivity contribution is 7.79. The van der Waals surface area contributed by atoms with Crippen LogP contribution in [0.15, 0.2) is 16.9 Å². The van der Waals surface area contributed by atoms with Crippen molar-refractivity contribution < 1.29 is 57.1 Å². The number of nitrogens with two attached hydrogens (primary N) is 1. The van der Waals surface area contributed by atoms with E-state index in [1.807, 2.05) is 18.7 Å². The van der Waals surface area contributed by atoms with Crippen LogP contribution >= 0.6 is 11.6 Å². The number of nitrogens with zero attached hydrogens (tertiary/aromatic N) is 2. The van der Waals surface area contributed by atoms with Crippen LogP contribution in [-0.4, -0.2) is 106 Å². The number of primary amides is 1. The zero-order valence-corrected chi connectivity index (χ0v) is 25.6. The molecule has 16 nitrogen and oxygen atoms in total. The van der Waals surface area contributed by atoms with Gasteiger partial charge in [0.1, 0.15) is 22.8 Å². The SMILES string of the molecule is CCN(CC)c1c(Cl)c(NC=O)c(O)c2c1CC1CC3[C@H](N(C)C)C(=O)C(C(N)=O)=C(O)[C@@]3(O)C(=O)C1=C2O.O=S(=O)(O)O. The zero-order valence-electron chi connectivity index (χ0n) is 24.0. The summed E-state index contributed by atoms with van der Waals surface area (Å²) in [5, 5.41) is 47.6. The number of phenols is 1. The first-order valence-electron chi connectivity index (χ1n) is 13.2. The quantitative estimate of drug-likeness (QED) is 0.0850. The number of benzene rings is 1. The molecule has 242 valence electrons. The van der Waals surface area contributed by atoms with Crippen LogP contribution in [0.3, 0.4) is 0 Å². The minimum atomic E-state index is -4.67. The van der Waals surface area contributed by atoms with Crippen molar-refractivity contribution in [2.75, 3.05) is 37.4 Å². The number of anilines is 2. The van der Waals surface area contributed by atoms with E-state index >= 15 is 0 Å². The van der Waals surface area contributed by atoms with E-state index in [1.165, 1.54) is 19.0 Å². The Bertz CT molecular complexity index is 1590. The van der Waals surface area contributed by atoms with Crippen LogP contribution in [0.25, 0.3) is 5.76 Å². The lowest BCUT2D eigenvalue weighted by atomic mass is 9.57. The maximum absolute atomic E-state index is 14.0. The Kier molecular flexibility index (Phi) is 9.74. The molecular formula is C26H33ClN4O12S. The highest BCUT2D eigenvalue weighted by Gasteiger charge is 2.64. The number of halogens is 1. The summed E-state index contributed by atoms with van der Waals surface area (Å²) in [6.07, 6.45) is 0.341. The van der Waals surface area contributed by atoms with Crippen molar-refractivity contribution in [3.63, 3.8) is 0 Å². The van der Waals surface area contributed by atoms with E-state index in [2.05, 4.69) is 5.32 Å². The van der Waals surface area contributed by atoms with Gasteiger partial charge >= 0.3 is 10.4 Å². The maximum atomic E-state index is 14.0. The molecule has 0 saturated heterocycles. The van der Waals surface area contributed by atoms with Crippen molar-refractivity contribution in [3.8, 4) is 5.75 Å². The molecule has 4 rings (SSSR count). The second-order valence-corrected chi connectivity index (χ2v) is 11.9. The Balaban J connectivity index is 0.000000978. The van der Waals surface area contributed by atoms with Gasteiger partial charge in [0.05, 0.1) is 22.3 Å². The van der Waals surface area contributed by atoms with Gasteiger partial charge in [0, 0.05) is 24.6 Å². The summed E-state index contributed by atoms with van der Waals surface area (Å²) in [5.74, 6) is -7.59. The van der Waals surface area contributed by atoms with Crippen LogP contribution in [0, 0.1) is 11.8 Å². The van der Waals surface area contributed by atoms with Crippen LogP contribution in [0.1, 0.15) is 31.4 Å². The number of likely N-dealkylation sites (N-methyl/N-ethyl adjacent to an activating group) is 1. The van der Waals surface area contributed by atoms with Crippen LogP contribution in [0.5, 0.6) is 5.75 Å². The molecule has 0 heterocycles. The van der Waals surface area contributed by atoms with E-state index in [0.29, 0.717) is 30.8 Å². The van der Waals surface area contributed by atoms with Crippen molar-refractivity contribution in [1.82, 2.24) is 4.90 Å². The molecule has 0 aliphatic heterocycles. The number of hydrogen-bond donors (Lipinski definition) is 8. The summed E-state index contributed by atoms with van der Waals surface area (Å²) in [7, 11) is -1.60. The normalized spacial score (nSPS) is 24.6. The summed E-state index contributed by atoms with van der Waals surface area (Å²) in [4.78, 5) is 53.9. The summed E-state index contributed by atoms with van der Waals surface area (Å²) < 4.78 is 31.6. The standard InChI is InChI=1S/C26H31ClN4O8.H2O4S/c1-5-31(6-2)18-11-7-10-8-12-19(30(3)4)22(35)15(25(28)38)24(37)26(12,39)23(36)13(10)20(33)14(11)21(34)17(16(18)27)29-9-32;1-5(2,3)4/h9-10,12,19,33-34,37,39H,5-8H2,1-4H3,(H2,28,38)(H,29,32);(H2,1,2,3,4)/t10?,12?,19-,26-;/m0./s1. The molecule has 0 radical (unpaired) electrons. The van der Waals surface area contributed by atoms with Crippen LogP contribution in [0.4, 0.5) is 11.4 Å². The highest BCUT2D eigenvalue weighted by Crippen LogP contribution is 2.56. The number of rotatable bonds is 7. The van der Waals surface area contributed by atoms with Crippen molar-refractivity contribution in [2.45, 2.75) is 38.3 Å². The van der Waals surface area contributed by atoms with Crippen LogP contribution in [-0.2, 0) is 36.0 Å². The minimum Gasteiger partial charge on any atom is -0.508 e. The second-order valence-electron chi connectivity index (χ2n) is 10.6. The molecule has 44 heavy (non-hydrogen) atoms. The first-order chi connectivity index (χ1) is 20.3. The topological polar surface area (TPSA) is 268 Å². The molecule has 0 spiro atoms. The fourth-order valence-electron chi connectivity index (χ4n) is 6.39. The third kappa shape index (κ3) is 5.62. The fraction of sp³-hybridized carbons (Fsp3) is 0.462. The molecular weight excluding hydrogens is 628 g/mol. The molecule has 3 aliphatic carbocycles. The predicted molar refractivity (Wildman–Crippen MR) is 157 cm³/mol. The average Bonchev–Trinajstić information content (AvgIpc) is 2.89. The number of Topliss-reactive ketones (excluding diaryl/α,β-unsaturated/α-hetero) is 2. The zero-order chi connectivity index (χ0) is 33.6. The van der Waals surface area contributed by atoms with Crippen molar-refractivity contribution in [1.29, 1.82) is 0 Å². The van der Waals surface area contributed by atoms with E-state index in [-0.39, 0.29) is 34.7 Å². The lowest BCUT2D eigenvalue weighted by Gasteiger charge is -2.50. The van der Waals surface area contributed by atoms with Crippen molar-refractivity contribution in [3.05, 3.63) is 33.1 Å². The summed E-state index contributed by atoms with van der Waals surface area (Å²) in [5.41, 5.74) is 1.97.